The Balaban J connectivity index is 1.73. The number of aromatic nitrogens is 2. The highest BCUT2D eigenvalue weighted by Crippen LogP contribution is 2.37. The number of halogens is 1. The Bertz CT molecular complexity index is 1230. The van der Waals surface area contributed by atoms with Crippen molar-refractivity contribution in [2.45, 2.75) is 53.2 Å². The molecule has 7 nitrogen and oxygen atoms in total. The summed E-state index contributed by atoms with van der Waals surface area (Å²) in [5.74, 6) is 0.333. The summed E-state index contributed by atoms with van der Waals surface area (Å²) in [6.45, 7) is 11.0. The minimum Gasteiger partial charge on any atom is -0.379 e. The fourth-order valence-corrected chi connectivity index (χ4v) is 4.11. The van der Waals surface area contributed by atoms with E-state index < -0.39 is 6.04 Å². The van der Waals surface area contributed by atoms with E-state index in [4.69, 9.17) is 9.26 Å². The van der Waals surface area contributed by atoms with Crippen molar-refractivity contribution < 1.29 is 18.4 Å². The number of nitrogens with one attached hydrogen (secondary N) is 1. The normalized spacial score (nSPS) is 16.3. The van der Waals surface area contributed by atoms with Crippen LogP contribution in [0.4, 0.5) is 9.18 Å². The van der Waals surface area contributed by atoms with Crippen LogP contribution in [0.15, 0.2) is 52.7 Å². The summed E-state index contributed by atoms with van der Waals surface area (Å²) in [6, 6.07) is 11.4. The minimum atomic E-state index is -0.452. The Morgan fingerprint density at radius 1 is 1.11 bits per heavy atom. The Morgan fingerprint density at radius 3 is 2.54 bits per heavy atom. The Kier molecular flexibility index (Phi) is 7.31. The molecule has 1 aromatic heterocycles. The van der Waals surface area contributed by atoms with E-state index in [-0.39, 0.29) is 18.0 Å². The molecule has 2 amide bonds. The molecule has 2 heterocycles. The molecule has 1 atom stereocenters. The fourth-order valence-electron chi connectivity index (χ4n) is 4.11. The monoisotopic (exact) mass is 478 g/mol. The summed E-state index contributed by atoms with van der Waals surface area (Å²) < 4.78 is 24.7. The first kappa shape index (κ1) is 24.6. The van der Waals surface area contributed by atoms with Gasteiger partial charge < -0.3 is 14.6 Å². The van der Waals surface area contributed by atoms with Crippen LogP contribution < -0.4 is 5.32 Å². The maximum atomic E-state index is 13.4. The number of ether oxygens (including phenoxy) is 1. The molecule has 1 unspecified atom stereocenters. The number of aryl methyl sites for hydroxylation is 2. The van der Waals surface area contributed by atoms with Crippen LogP contribution in [0.2, 0.25) is 0 Å². The van der Waals surface area contributed by atoms with Crippen LogP contribution in [0, 0.1) is 19.7 Å². The van der Waals surface area contributed by atoms with Gasteiger partial charge in [-0.05, 0) is 82.0 Å². The van der Waals surface area contributed by atoms with E-state index in [0.717, 1.165) is 22.4 Å². The van der Waals surface area contributed by atoms with Crippen LogP contribution >= 0.6 is 0 Å². The van der Waals surface area contributed by atoms with Gasteiger partial charge in [-0.1, -0.05) is 23.4 Å². The van der Waals surface area contributed by atoms with Crippen molar-refractivity contribution in [1.29, 1.82) is 0 Å². The van der Waals surface area contributed by atoms with Crippen molar-refractivity contribution in [1.82, 2.24) is 20.4 Å². The van der Waals surface area contributed by atoms with Gasteiger partial charge in [0.15, 0.2) is 0 Å². The highest BCUT2D eigenvalue weighted by Gasteiger charge is 2.35. The first-order valence-corrected chi connectivity index (χ1v) is 11.8. The van der Waals surface area contributed by atoms with E-state index in [0.29, 0.717) is 36.9 Å². The zero-order chi connectivity index (χ0) is 25.1. The molecule has 8 heteroatoms. The van der Waals surface area contributed by atoms with Crippen molar-refractivity contribution >= 4 is 11.6 Å². The predicted molar refractivity (Wildman–Crippen MR) is 132 cm³/mol. The number of nitrogens with zero attached hydrogens (tertiary/aromatic N) is 3. The second-order valence-corrected chi connectivity index (χ2v) is 9.08. The van der Waals surface area contributed by atoms with Gasteiger partial charge in [0.1, 0.15) is 5.82 Å². The molecular formula is C27H31FN4O3. The molecule has 0 radical (unpaired) electrons. The molecular weight excluding hydrogens is 447 g/mol. The Labute approximate surface area is 205 Å². The van der Waals surface area contributed by atoms with E-state index in [1.807, 2.05) is 39.8 Å². The van der Waals surface area contributed by atoms with Gasteiger partial charge in [-0.15, -0.1) is 0 Å². The lowest BCUT2D eigenvalue weighted by Gasteiger charge is -2.35. The van der Waals surface area contributed by atoms with Crippen molar-refractivity contribution in [3.8, 4) is 11.4 Å². The summed E-state index contributed by atoms with van der Waals surface area (Å²) in [5.41, 5.74) is 5.35. The summed E-state index contributed by atoms with van der Waals surface area (Å²) in [7, 11) is 0. The highest BCUT2D eigenvalue weighted by atomic mass is 19.1. The average Bonchev–Trinajstić information content (AvgIpc) is 3.30. The third-order valence-corrected chi connectivity index (χ3v) is 6.20. The number of carbonyl (C=O) groups excluding carboxylic acids is 1. The predicted octanol–water partition coefficient (Wildman–Crippen LogP) is 5.81. The number of hydrogen-bond donors (Lipinski definition) is 1. The lowest BCUT2D eigenvalue weighted by atomic mass is 9.92. The van der Waals surface area contributed by atoms with E-state index >= 15 is 0 Å². The third-order valence-electron chi connectivity index (χ3n) is 6.20. The molecule has 3 aromatic rings. The van der Waals surface area contributed by atoms with Crippen molar-refractivity contribution in [2.75, 3.05) is 13.2 Å². The van der Waals surface area contributed by atoms with Gasteiger partial charge in [0, 0.05) is 24.4 Å². The molecule has 0 saturated carbocycles. The summed E-state index contributed by atoms with van der Waals surface area (Å²) >= 11 is 0. The van der Waals surface area contributed by atoms with Crippen molar-refractivity contribution in [3.63, 3.8) is 0 Å². The molecule has 35 heavy (non-hydrogen) atoms. The quantitative estimate of drug-likeness (QED) is 0.414. The van der Waals surface area contributed by atoms with Crippen LogP contribution in [0.25, 0.3) is 17.0 Å². The lowest BCUT2D eigenvalue weighted by Crippen LogP contribution is -2.46. The van der Waals surface area contributed by atoms with Gasteiger partial charge in [0.05, 0.1) is 17.7 Å². The molecule has 184 valence electrons. The fraction of sp³-hybridized carbons (Fsp3) is 0.370. The highest BCUT2D eigenvalue weighted by molar-refractivity contribution is 5.87. The molecule has 1 aliphatic rings. The molecule has 0 fully saturated rings. The smallest absolute Gasteiger partial charge is 0.322 e. The van der Waals surface area contributed by atoms with Crippen LogP contribution in [0.1, 0.15) is 55.8 Å². The van der Waals surface area contributed by atoms with Crippen LogP contribution in [0.5, 0.6) is 0 Å². The van der Waals surface area contributed by atoms with Gasteiger partial charge in [-0.3, -0.25) is 4.90 Å². The number of amides is 2. The zero-order valence-corrected chi connectivity index (χ0v) is 20.8. The maximum absolute atomic E-state index is 13.4. The molecule has 0 spiro atoms. The number of rotatable bonds is 8. The second-order valence-electron chi connectivity index (χ2n) is 9.08. The standard InChI is InChI=1S/C27H31FN4O3/c1-16(2)34-14-6-13-32-19(5)23(24(29-27(32)33)21-8-7-17(3)18(4)15-21)26-30-25(31-35-26)20-9-11-22(28)12-10-20/h7-12,15-16,24H,6,13-14H2,1-5H3,(H,29,33). The third kappa shape index (κ3) is 5.43. The number of hydrogen-bond acceptors (Lipinski definition) is 5. The van der Waals surface area contributed by atoms with E-state index in [1.165, 1.54) is 17.7 Å². The van der Waals surface area contributed by atoms with Crippen molar-refractivity contribution in [3.05, 3.63) is 76.6 Å². The number of urea groups is 1. The SMILES string of the molecule is CC1=C(c2nc(-c3ccc(F)cc3)no2)C(c2ccc(C)c(C)c2)NC(=O)N1CCCOC(C)C. The summed E-state index contributed by atoms with van der Waals surface area (Å²) in [5, 5.41) is 7.26. The topological polar surface area (TPSA) is 80.5 Å². The van der Waals surface area contributed by atoms with Gasteiger partial charge >= 0.3 is 6.03 Å². The molecule has 0 aliphatic carbocycles. The first-order valence-electron chi connectivity index (χ1n) is 11.8. The molecule has 1 aliphatic heterocycles. The van der Waals surface area contributed by atoms with E-state index in [2.05, 4.69) is 28.4 Å². The molecule has 1 N–H and O–H groups in total. The largest absolute Gasteiger partial charge is 0.379 e. The number of benzene rings is 2. The van der Waals surface area contributed by atoms with Crippen LogP contribution in [0.3, 0.4) is 0 Å². The van der Waals surface area contributed by atoms with Crippen molar-refractivity contribution in [2.24, 2.45) is 0 Å². The molecule has 0 saturated heterocycles. The number of carbonyl (C=O) groups is 1. The first-order chi connectivity index (χ1) is 16.7. The molecule has 0 bridgehead atoms. The molecule has 4 rings (SSSR count). The van der Waals surface area contributed by atoms with Gasteiger partial charge in [-0.25, -0.2) is 9.18 Å². The maximum Gasteiger partial charge on any atom is 0.322 e. The average molecular weight is 479 g/mol. The zero-order valence-electron chi connectivity index (χ0n) is 20.8. The Morgan fingerprint density at radius 2 is 1.86 bits per heavy atom. The van der Waals surface area contributed by atoms with Gasteiger partial charge in [0.2, 0.25) is 5.82 Å². The second kappa shape index (κ2) is 10.4. The molecule has 2 aromatic carbocycles. The summed E-state index contributed by atoms with van der Waals surface area (Å²) in [4.78, 5) is 19.5. The Hall–Kier alpha value is -3.52. The number of allylic oxidation sites excluding steroid dienone is 1. The van der Waals surface area contributed by atoms with E-state index in [9.17, 15) is 9.18 Å². The van der Waals surface area contributed by atoms with Crippen LogP contribution in [-0.2, 0) is 4.74 Å². The van der Waals surface area contributed by atoms with Crippen LogP contribution in [-0.4, -0.2) is 40.3 Å². The van der Waals surface area contributed by atoms with Gasteiger partial charge in [-0.2, -0.15) is 4.98 Å². The lowest BCUT2D eigenvalue weighted by molar-refractivity contribution is 0.0736. The van der Waals surface area contributed by atoms with Gasteiger partial charge in [0.25, 0.3) is 5.89 Å². The summed E-state index contributed by atoms with van der Waals surface area (Å²) in [6.07, 6.45) is 0.824. The minimum absolute atomic E-state index is 0.134. The van der Waals surface area contributed by atoms with E-state index in [1.54, 1.807) is 17.0 Å².